The monoisotopic (exact) mass is 290 g/mol. The smallest absolute Gasteiger partial charge is 0.0443 e. The van der Waals surface area contributed by atoms with Gasteiger partial charge in [-0.25, -0.2) is 0 Å². The highest BCUT2D eigenvalue weighted by Gasteiger charge is 2.09. The molecular weight excluding hydrogens is 248 g/mol. The molecule has 126 valence electrons. The van der Waals surface area contributed by atoms with Crippen molar-refractivity contribution in [2.45, 2.75) is 80.3 Å². The number of rotatable bonds is 9. The Bertz CT molecular complexity index is 161. The molecule has 0 aliphatic carbocycles. The number of hydrogen-bond donors (Lipinski definition) is 1. The first kappa shape index (κ1) is 24.9. The number of aliphatic hydroxyl groups excluding tert-OH is 1. The van der Waals surface area contributed by atoms with E-state index in [4.69, 9.17) is 5.11 Å². The summed E-state index contributed by atoms with van der Waals surface area (Å²) in [5, 5.41) is 8.85. The van der Waals surface area contributed by atoms with E-state index >= 15 is 0 Å². The molecule has 0 rings (SSSR count). The van der Waals surface area contributed by atoms with E-state index in [1.807, 2.05) is 27.7 Å². The van der Waals surface area contributed by atoms with Crippen molar-refractivity contribution in [2.24, 2.45) is 0 Å². The van der Waals surface area contributed by atoms with Crippen molar-refractivity contribution in [3.05, 3.63) is 0 Å². The molecule has 0 radical (unpaired) electrons. The van der Waals surface area contributed by atoms with Crippen molar-refractivity contribution in [2.75, 3.05) is 33.3 Å². The third-order valence-electron chi connectivity index (χ3n) is 3.17. The summed E-state index contributed by atoms with van der Waals surface area (Å²) in [6.45, 7) is 20.5. The molecule has 0 aromatic rings. The zero-order chi connectivity index (χ0) is 16.6. The van der Waals surface area contributed by atoms with Gasteiger partial charge in [0, 0.05) is 25.2 Å². The molecule has 0 bridgehead atoms. The minimum absolute atomic E-state index is 0.301. The van der Waals surface area contributed by atoms with Gasteiger partial charge in [0.05, 0.1) is 0 Å². The average molecular weight is 291 g/mol. The number of aliphatic hydroxyl groups is 1. The van der Waals surface area contributed by atoms with Gasteiger partial charge in [-0.3, -0.25) is 0 Å². The molecule has 0 atom stereocenters. The lowest BCUT2D eigenvalue weighted by atomic mass is 10.2. The van der Waals surface area contributed by atoms with Crippen LogP contribution in [-0.2, 0) is 0 Å². The van der Waals surface area contributed by atoms with Gasteiger partial charge in [-0.1, -0.05) is 27.7 Å². The van der Waals surface area contributed by atoms with Crippen LogP contribution in [0.2, 0.25) is 0 Å². The van der Waals surface area contributed by atoms with Gasteiger partial charge in [0.15, 0.2) is 0 Å². The lowest BCUT2D eigenvalue weighted by Gasteiger charge is -2.28. The zero-order valence-electron chi connectivity index (χ0n) is 15.7. The summed E-state index contributed by atoms with van der Waals surface area (Å²) in [7, 11) is 2.18. The molecule has 0 heterocycles. The molecule has 20 heavy (non-hydrogen) atoms. The first-order valence-corrected chi connectivity index (χ1v) is 8.54. The van der Waals surface area contributed by atoms with E-state index < -0.39 is 0 Å². The van der Waals surface area contributed by atoms with Crippen LogP contribution < -0.4 is 0 Å². The first-order chi connectivity index (χ1) is 9.49. The number of nitrogens with zero attached hydrogens (tertiary/aromatic N) is 2. The van der Waals surface area contributed by atoms with Gasteiger partial charge in [0.2, 0.25) is 0 Å². The largest absolute Gasteiger partial charge is 0.396 e. The van der Waals surface area contributed by atoms with Crippen molar-refractivity contribution in [3.8, 4) is 0 Å². The summed E-state index contributed by atoms with van der Waals surface area (Å²) in [5.74, 6) is 0. The fraction of sp³-hybridized carbons (Fsp3) is 1.00. The Hall–Kier alpha value is -0.120. The summed E-state index contributed by atoms with van der Waals surface area (Å²) < 4.78 is 0. The maximum Gasteiger partial charge on any atom is 0.0443 e. The molecule has 0 amide bonds. The van der Waals surface area contributed by atoms with Gasteiger partial charge in [0.1, 0.15) is 0 Å². The topological polar surface area (TPSA) is 26.7 Å². The van der Waals surface area contributed by atoms with E-state index in [1.54, 1.807) is 0 Å². The summed E-state index contributed by atoms with van der Waals surface area (Å²) in [5.41, 5.74) is 0. The Morgan fingerprint density at radius 3 is 1.55 bits per heavy atom. The normalized spacial score (nSPS) is 10.5. The highest BCUT2D eigenvalue weighted by molar-refractivity contribution is 4.65. The third kappa shape index (κ3) is 15.9. The van der Waals surface area contributed by atoms with Gasteiger partial charge in [-0.2, -0.15) is 0 Å². The standard InChI is InChI=1S/C13H30N2O.2C2H6/c1-12(2)14(5)8-6-9-15(13(3)4)10-7-11-16;2*1-2/h12-13,16H,6-11H2,1-5H3;2*1-2H3. The van der Waals surface area contributed by atoms with Crippen LogP contribution in [0.1, 0.15) is 68.2 Å². The highest BCUT2D eigenvalue weighted by Crippen LogP contribution is 2.03. The molecule has 3 nitrogen and oxygen atoms in total. The predicted molar refractivity (Wildman–Crippen MR) is 93.5 cm³/mol. The Labute approximate surface area is 129 Å². The van der Waals surface area contributed by atoms with Crippen LogP contribution in [0.5, 0.6) is 0 Å². The van der Waals surface area contributed by atoms with Crippen LogP contribution >= 0.6 is 0 Å². The summed E-state index contributed by atoms with van der Waals surface area (Å²) >= 11 is 0. The molecule has 0 fully saturated rings. The zero-order valence-corrected chi connectivity index (χ0v) is 15.7. The van der Waals surface area contributed by atoms with Crippen LogP contribution in [0, 0.1) is 0 Å². The van der Waals surface area contributed by atoms with Crippen LogP contribution in [0.4, 0.5) is 0 Å². The van der Waals surface area contributed by atoms with Gasteiger partial charge in [0.25, 0.3) is 0 Å². The molecule has 0 aliphatic heterocycles. The second-order valence-electron chi connectivity index (χ2n) is 5.13. The van der Waals surface area contributed by atoms with E-state index in [9.17, 15) is 0 Å². The molecule has 0 saturated heterocycles. The van der Waals surface area contributed by atoms with Crippen molar-refractivity contribution >= 4 is 0 Å². The maximum atomic E-state index is 8.85. The molecule has 1 N–H and O–H groups in total. The summed E-state index contributed by atoms with van der Waals surface area (Å²) in [6, 6.07) is 1.21. The van der Waals surface area contributed by atoms with Gasteiger partial charge in [-0.15, -0.1) is 0 Å². The molecule has 0 spiro atoms. The summed E-state index contributed by atoms with van der Waals surface area (Å²) in [4.78, 5) is 4.83. The predicted octanol–water partition coefficient (Wildman–Crippen LogP) is 3.86. The second kappa shape index (κ2) is 18.9. The lowest BCUT2D eigenvalue weighted by molar-refractivity contribution is 0.177. The number of hydrogen-bond acceptors (Lipinski definition) is 3. The average Bonchev–Trinajstić information content (AvgIpc) is 2.46. The van der Waals surface area contributed by atoms with E-state index in [0.717, 1.165) is 26.1 Å². The van der Waals surface area contributed by atoms with Crippen molar-refractivity contribution < 1.29 is 5.11 Å². The Morgan fingerprint density at radius 1 is 0.750 bits per heavy atom. The Balaban J connectivity index is -0.000000656. The van der Waals surface area contributed by atoms with Gasteiger partial charge >= 0.3 is 0 Å². The lowest BCUT2D eigenvalue weighted by Crippen LogP contribution is -2.36. The summed E-state index contributed by atoms with van der Waals surface area (Å²) in [6.07, 6.45) is 2.09. The third-order valence-corrected chi connectivity index (χ3v) is 3.17. The molecule has 0 unspecified atom stereocenters. The molecular formula is C17H42N2O. The van der Waals surface area contributed by atoms with E-state index in [-0.39, 0.29) is 0 Å². The van der Waals surface area contributed by atoms with Crippen molar-refractivity contribution in [1.29, 1.82) is 0 Å². The molecule has 0 aliphatic rings. The maximum absolute atomic E-state index is 8.85. The minimum Gasteiger partial charge on any atom is -0.396 e. The Kier molecular flexibility index (Phi) is 23.5. The van der Waals surface area contributed by atoms with Crippen LogP contribution in [0.15, 0.2) is 0 Å². The van der Waals surface area contributed by atoms with Crippen molar-refractivity contribution in [1.82, 2.24) is 9.80 Å². The van der Waals surface area contributed by atoms with Crippen LogP contribution in [0.3, 0.4) is 0 Å². The van der Waals surface area contributed by atoms with Crippen LogP contribution in [-0.4, -0.2) is 60.3 Å². The minimum atomic E-state index is 0.301. The molecule has 0 saturated carbocycles. The molecule has 0 aromatic carbocycles. The van der Waals surface area contributed by atoms with E-state index in [1.165, 1.54) is 6.42 Å². The van der Waals surface area contributed by atoms with Crippen LogP contribution in [0.25, 0.3) is 0 Å². The quantitative estimate of drug-likeness (QED) is 0.698. The van der Waals surface area contributed by atoms with Crippen molar-refractivity contribution in [3.63, 3.8) is 0 Å². The highest BCUT2D eigenvalue weighted by atomic mass is 16.3. The fourth-order valence-corrected chi connectivity index (χ4v) is 1.68. The Morgan fingerprint density at radius 2 is 1.20 bits per heavy atom. The van der Waals surface area contributed by atoms with Gasteiger partial charge < -0.3 is 14.9 Å². The second-order valence-corrected chi connectivity index (χ2v) is 5.13. The first-order valence-electron chi connectivity index (χ1n) is 8.54. The van der Waals surface area contributed by atoms with E-state index in [0.29, 0.717) is 18.7 Å². The fourth-order valence-electron chi connectivity index (χ4n) is 1.68. The SMILES string of the molecule is CC.CC.CC(C)N(C)CCCN(CCCO)C(C)C. The van der Waals surface area contributed by atoms with Gasteiger partial charge in [-0.05, 0) is 60.7 Å². The van der Waals surface area contributed by atoms with E-state index in [2.05, 4.69) is 44.5 Å². The molecule has 0 aromatic heterocycles. The molecule has 3 heteroatoms.